The molecule has 1 saturated carbocycles. The summed E-state index contributed by atoms with van der Waals surface area (Å²) in [6.45, 7) is 4.95. The van der Waals surface area contributed by atoms with Crippen molar-refractivity contribution in [2.75, 3.05) is 26.3 Å². The van der Waals surface area contributed by atoms with Crippen molar-refractivity contribution >= 4 is 5.91 Å². The van der Waals surface area contributed by atoms with Crippen LogP contribution >= 0.6 is 0 Å². The molecule has 5 heteroatoms. The van der Waals surface area contributed by atoms with Gasteiger partial charge < -0.3 is 20.1 Å². The first kappa shape index (κ1) is 18.0. The lowest BCUT2D eigenvalue weighted by atomic mass is 9.92. The zero-order valence-corrected chi connectivity index (χ0v) is 15.5. The summed E-state index contributed by atoms with van der Waals surface area (Å²) in [7, 11) is 0. The Kier molecular flexibility index (Phi) is 5.57. The summed E-state index contributed by atoms with van der Waals surface area (Å²) in [5.74, 6) is 0.459. The van der Waals surface area contributed by atoms with Crippen LogP contribution in [0.1, 0.15) is 43.2 Å². The molecular weight excluding hydrogens is 328 g/mol. The summed E-state index contributed by atoms with van der Waals surface area (Å²) in [5, 5.41) is 6.54. The fourth-order valence-corrected chi connectivity index (χ4v) is 4.39. The van der Waals surface area contributed by atoms with E-state index in [0.29, 0.717) is 24.7 Å². The largest absolute Gasteiger partial charge is 0.381 e. The SMILES string of the molecule is O=C(NCc1cccc(COC2CCOCC2)c1)C1CC12CCNCC2. The Morgan fingerprint density at radius 3 is 2.81 bits per heavy atom. The van der Waals surface area contributed by atoms with Gasteiger partial charge in [-0.2, -0.15) is 0 Å². The first-order valence-electron chi connectivity index (χ1n) is 10.0. The molecule has 1 atom stereocenters. The summed E-state index contributed by atoms with van der Waals surface area (Å²) < 4.78 is 11.4. The van der Waals surface area contributed by atoms with E-state index in [1.807, 2.05) is 0 Å². The van der Waals surface area contributed by atoms with Crippen molar-refractivity contribution in [1.82, 2.24) is 10.6 Å². The van der Waals surface area contributed by atoms with Crippen molar-refractivity contribution in [2.45, 2.75) is 51.4 Å². The fraction of sp³-hybridized carbons (Fsp3) is 0.667. The molecule has 2 aliphatic heterocycles. The lowest BCUT2D eigenvalue weighted by molar-refractivity contribution is -0.123. The van der Waals surface area contributed by atoms with Gasteiger partial charge in [0.15, 0.2) is 0 Å². The second-order valence-corrected chi connectivity index (χ2v) is 8.03. The van der Waals surface area contributed by atoms with Crippen molar-refractivity contribution < 1.29 is 14.3 Å². The van der Waals surface area contributed by atoms with Crippen LogP contribution in [0.15, 0.2) is 24.3 Å². The van der Waals surface area contributed by atoms with E-state index in [4.69, 9.17) is 9.47 Å². The summed E-state index contributed by atoms with van der Waals surface area (Å²) >= 11 is 0. The molecule has 0 radical (unpaired) electrons. The van der Waals surface area contributed by atoms with Crippen LogP contribution in [0, 0.1) is 11.3 Å². The maximum Gasteiger partial charge on any atom is 0.223 e. The molecule has 1 spiro atoms. The number of benzene rings is 1. The van der Waals surface area contributed by atoms with Crippen LogP contribution in [0.5, 0.6) is 0 Å². The molecule has 1 unspecified atom stereocenters. The number of rotatable bonds is 6. The molecule has 2 heterocycles. The van der Waals surface area contributed by atoms with Gasteiger partial charge in [-0.1, -0.05) is 24.3 Å². The Morgan fingerprint density at radius 1 is 1.23 bits per heavy atom. The Balaban J connectivity index is 1.24. The molecule has 0 aromatic heterocycles. The summed E-state index contributed by atoms with van der Waals surface area (Å²) in [5.41, 5.74) is 2.62. The van der Waals surface area contributed by atoms with Gasteiger partial charge in [0.2, 0.25) is 5.91 Å². The Bertz CT molecular complexity index is 621. The minimum Gasteiger partial charge on any atom is -0.381 e. The number of hydrogen-bond acceptors (Lipinski definition) is 4. The average Bonchev–Trinajstić information content (AvgIpc) is 3.39. The van der Waals surface area contributed by atoms with Crippen molar-refractivity contribution in [3.05, 3.63) is 35.4 Å². The van der Waals surface area contributed by atoms with E-state index < -0.39 is 0 Å². The van der Waals surface area contributed by atoms with E-state index >= 15 is 0 Å². The molecule has 4 rings (SSSR count). The van der Waals surface area contributed by atoms with Gasteiger partial charge in [-0.25, -0.2) is 0 Å². The van der Waals surface area contributed by atoms with E-state index in [1.54, 1.807) is 0 Å². The topological polar surface area (TPSA) is 59.6 Å². The zero-order chi connectivity index (χ0) is 17.8. The standard InChI is InChI=1S/C21H30N2O3/c24-20(19-13-21(19)6-8-22-9-7-21)23-14-16-2-1-3-17(12-16)15-26-18-4-10-25-11-5-18/h1-3,12,18-19,22H,4-11,13-15H2,(H,23,24). The van der Waals surface area contributed by atoms with Crippen molar-refractivity contribution in [3.8, 4) is 0 Å². The van der Waals surface area contributed by atoms with Crippen molar-refractivity contribution in [3.63, 3.8) is 0 Å². The lowest BCUT2D eigenvalue weighted by Gasteiger charge is -2.23. The lowest BCUT2D eigenvalue weighted by Crippen LogP contribution is -2.33. The third kappa shape index (κ3) is 4.27. The smallest absolute Gasteiger partial charge is 0.223 e. The summed E-state index contributed by atoms with van der Waals surface area (Å²) in [6, 6.07) is 8.36. The first-order chi connectivity index (χ1) is 12.8. The van der Waals surface area contributed by atoms with Crippen LogP contribution in [-0.4, -0.2) is 38.3 Å². The van der Waals surface area contributed by atoms with Crippen molar-refractivity contribution in [2.24, 2.45) is 11.3 Å². The van der Waals surface area contributed by atoms with E-state index in [2.05, 4.69) is 34.9 Å². The Labute approximate surface area is 155 Å². The number of ether oxygens (including phenoxy) is 2. The van der Waals surface area contributed by atoms with Gasteiger partial charge in [0.25, 0.3) is 0 Å². The number of piperidine rings is 1. The maximum atomic E-state index is 12.5. The third-order valence-corrected chi connectivity index (χ3v) is 6.22. The molecule has 0 bridgehead atoms. The van der Waals surface area contributed by atoms with Gasteiger partial charge in [-0.15, -0.1) is 0 Å². The predicted octanol–water partition coefficient (Wildman–Crippen LogP) is 2.39. The Hall–Kier alpha value is -1.43. The highest BCUT2D eigenvalue weighted by molar-refractivity contribution is 5.82. The van der Waals surface area contributed by atoms with Gasteiger partial charge in [0, 0.05) is 25.7 Å². The van der Waals surface area contributed by atoms with Crippen LogP contribution in [0.25, 0.3) is 0 Å². The third-order valence-electron chi connectivity index (χ3n) is 6.22. The quantitative estimate of drug-likeness (QED) is 0.820. The molecule has 1 amide bonds. The van der Waals surface area contributed by atoms with E-state index in [0.717, 1.165) is 64.0 Å². The summed E-state index contributed by atoms with van der Waals surface area (Å²) in [4.78, 5) is 12.5. The van der Waals surface area contributed by atoms with E-state index in [1.165, 1.54) is 5.56 Å². The molecule has 2 saturated heterocycles. The minimum absolute atomic E-state index is 0.227. The maximum absolute atomic E-state index is 12.5. The number of nitrogens with one attached hydrogen (secondary N) is 2. The normalized spacial score (nSPS) is 25.2. The van der Waals surface area contributed by atoms with Gasteiger partial charge in [0.05, 0.1) is 12.7 Å². The predicted molar refractivity (Wildman–Crippen MR) is 99.6 cm³/mol. The number of amides is 1. The number of carbonyl (C=O) groups is 1. The molecule has 1 aliphatic carbocycles. The van der Waals surface area contributed by atoms with Gasteiger partial charge in [-0.3, -0.25) is 4.79 Å². The van der Waals surface area contributed by atoms with Crippen LogP contribution in [-0.2, 0) is 27.4 Å². The molecule has 142 valence electrons. The second kappa shape index (κ2) is 8.07. The molecule has 1 aromatic rings. The highest BCUT2D eigenvalue weighted by Gasteiger charge is 2.57. The molecule has 26 heavy (non-hydrogen) atoms. The molecule has 2 N–H and O–H groups in total. The van der Waals surface area contributed by atoms with E-state index in [9.17, 15) is 4.79 Å². The van der Waals surface area contributed by atoms with Gasteiger partial charge in [0.1, 0.15) is 0 Å². The second-order valence-electron chi connectivity index (χ2n) is 8.03. The number of carbonyl (C=O) groups excluding carboxylic acids is 1. The van der Waals surface area contributed by atoms with Gasteiger partial charge in [-0.05, 0) is 61.7 Å². The van der Waals surface area contributed by atoms with Crippen LogP contribution in [0.4, 0.5) is 0 Å². The molecule has 1 aromatic carbocycles. The highest BCUT2D eigenvalue weighted by atomic mass is 16.5. The Morgan fingerprint density at radius 2 is 2.00 bits per heavy atom. The minimum atomic E-state index is 0.227. The van der Waals surface area contributed by atoms with Crippen molar-refractivity contribution in [1.29, 1.82) is 0 Å². The average molecular weight is 358 g/mol. The first-order valence-corrected chi connectivity index (χ1v) is 10.0. The monoisotopic (exact) mass is 358 g/mol. The van der Waals surface area contributed by atoms with Crippen LogP contribution in [0.3, 0.4) is 0 Å². The fourth-order valence-electron chi connectivity index (χ4n) is 4.39. The molecule has 3 aliphatic rings. The highest BCUT2D eigenvalue weighted by Crippen LogP contribution is 2.58. The van der Waals surface area contributed by atoms with Crippen LogP contribution in [0.2, 0.25) is 0 Å². The van der Waals surface area contributed by atoms with E-state index in [-0.39, 0.29) is 11.8 Å². The molecular formula is C21H30N2O3. The molecule has 3 fully saturated rings. The zero-order valence-electron chi connectivity index (χ0n) is 15.5. The molecule has 5 nitrogen and oxygen atoms in total. The summed E-state index contributed by atoms with van der Waals surface area (Å²) in [6.07, 6.45) is 5.62. The number of hydrogen-bond donors (Lipinski definition) is 2. The van der Waals surface area contributed by atoms with Gasteiger partial charge >= 0.3 is 0 Å². The van der Waals surface area contributed by atoms with Crippen LogP contribution < -0.4 is 10.6 Å².